The Morgan fingerprint density at radius 2 is 1.85 bits per heavy atom. The number of carbonyl (C=O) groups excluding carboxylic acids is 2. The van der Waals surface area contributed by atoms with E-state index in [1.807, 2.05) is 36.1 Å². The Hall–Kier alpha value is -3.33. The summed E-state index contributed by atoms with van der Waals surface area (Å²) in [6.45, 7) is 9.80. The molecule has 0 aliphatic heterocycles. The fourth-order valence-corrected chi connectivity index (χ4v) is 4.28. The summed E-state index contributed by atoms with van der Waals surface area (Å²) >= 11 is 0. The summed E-state index contributed by atoms with van der Waals surface area (Å²) < 4.78 is 2.25. The second kappa shape index (κ2) is 9.89. The van der Waals surface area contributed by atoms with E-state index in [1.165, 1.54) is 0 Å². The first-order valence-corrected chi connectivity index (χ1v) is 12.3. The van der Waals surface area contributed by atoms with Gasteiger partial charge in [-0.2, -0.15) is 5.26 Å². The van der Waals surface area contributed by atoms with Crippen molar-refractivity contribution in [3.8, 4) is 6.07 Å². The fourth-order valence-electron chi connectivity index (χ4n) is 4.28. The van der Waals surface area contributed by atoms with Crippen LogP contribution in [0.5, 0.6) is 0 Å². The zero-order chi connectivity index (χ0) is 24.4. The van der Waals surface area contributed by atoms with Crippen molar-refractivity contribution >= 4 is 17.9 Å². The minimum atomic E-state index is -0.228. The SMILES string of the molecule is Cc1cc(/C=C(\C#N)C(=O)N(Cc2ccc(C(=O)NC3CC3)cc2)C2CC2)c(C)n1CC(C)C. The van der Waals surface area contributed by atoms with Gasteiger partial charge in [0.15, 0.2) is 0 Å². The van der Waals surface area contributed by atoms with E-state index in [2.05, 4.69) is 42.8 Å². The van der Waals surface area contributed by atoms with Crippen LogP contribution in [-0.4, -0.2) is 33.4 Å². The Bertz CT molecular complexity index is 1140. The molecule has 6 nitrogen and oxygen atoms in total. The molecule has 1 heterocycles. The Morgan fingerprint density at radius 1 is 1.18 bits per heavy atom. The summed E-state index contributed by atoms with van der Waals surface area (Å²) in [6.07, 6.45) is 5.75. The van der Waals surface area contributed by atoms with E-state index < -0.39 is 0 Å². The maximum absolute atomic E-state index is 13.4. The molecular weight excluding hydrogens is 424 g/mol. The molecule has 2 amide bonds. The van der Waals surface area contributed by atoms with Crippen LogP contribution in [0.4, 0.5) is 0 Å². The second-order valence-electron chi connectivity index (χ2n) is 10.1. The highest BCUT2D eigenvalue weighted by molar-refractivity contribution is 6.02. The molecule has 1 aromatic heterocycles. The van der Waals surface area contributed by atoms with Crippen LogP contribution < -0.4 is 5.32 Å². The molecule has 2 saturated carbocycles. The lowest BCUT2D eigenvalue weighted by Crippen LogP contribution is -2.33. The van der Waals surface area contributed by atoms with E-state index in [0.29, 0.717) is 24.1 Å². The van der Waals surface area contributed by atoms with Crippen LogP contribution in [0.15, 0.2) is 35.9 Å². The smallest absolute Gasteiger partial charge is 0.265 e. The number of amides is 2. The van der Waals surface area contributed by atoms with Gasteiger partial charge in [-0.1, -0.05) is 26.0 Å². The lowest BCUT2D eigenvalue weighted by molar-refractivity contribution is -0.127. The van der Waals surface area contributed by atoms with Crippen LogP contribution in [0.3, 0.4) is 0 Å². The van der Waals surface area contributed by atoms with E-state index in [-0.39, 0.29) is 23.4 Å². The average molecular weight is 459 g/mol. The molecule has 1 aromatic carbocycles. The first-order valence-electron chi connectivity index (χ1n) is 12.3. The van der Waals surface area contributed by atoms with E-state index in [0.717, 1.165) is 54.7 Å². The molecule has 2 aromatic rings. The number of benzene rings is 1. The highest BCUT2D eigenvalue weighted by Crippen LogP contribution is 2.30. The zero-order valence-corrected chi connectivity index (χ0v) is 20.6. The minimum absolute atomic E-state index is 0.0473. The van der Waals surface area contributed by atoms with Crippen LogP contribution in [0.1, 0.15) is 72.4 Å². The van der Waals surface area contributed by atoms with Gasteiger partial charge in [-0.3, -0.25) is 9.59 Å². The van der Waals surface area contributed by atoms with Gasteiger partial charge in [0.05, 0.1) is 0 Å². The van der Waals surface area contributed by atoms with Gasteiger partial charge in [-0.25, -0.2) is 0 Å². The van der Waals surface area contributed by atoms with Crippen molar-refractivity contribution in [3.05, 3.63) is 64.0 Å². The highest BCUT2D eigenvalue weighted by Gasteiger charge is 2.34. The monoisotopic (exact) mass is 458 g/mol. The molecule has 4 rings (SSSR count). The normalized spacial score (nSPS) is 15.8. The Balaban J connectivity index is 1.51. The van der Waals surface area contributed by atoms with E-state index >= 15 is 0 Å². The number of aryl methyl sites for hydroxylation is 1. The zero-order valence-electron chi connectivity index (χ0n) is 20.6. The molecule has 0 saturated heterocycles. The predicted molar refractivity (Wildman–Crippen MR) is 133 cm³/mol. The number of nitrogens with zero attached hydrogens (tertiary/aromatic N) is 3. The molecule has 2 fully saturated rings. The summed E-state index contributed by atoms with van der Waals surface area (Å²) in [7, 11) is 0. The van der Waals surface area contributed by atoms with Gasteiger partial charge in [0.2, 0.25) is 0 Å². The number of nitrogens with one attached hydrogen (secondary N) is 1. The van der Waals surface area contributed by atoms with Crippen LogP contribution in [-0.2, 0) is 17.9 Å². The van der Waals surface area contributed by atoms with E-state index in [1.54, 1.807) is 6.08 Å². The first kappa shape index (κ1) is 23.8. The summed E-state index contributed by atoms with van der Waals surface area (Å²) in [4.78, 5) is 27.5. The quantitative estimate of drug-likeness (QED) is 0.435. The average Bonchev–Trinajstić information content (AvgIpc) is 3.73. The van der Waals surface area contributed by atoms with Crippen molar-refractivity contribution in [2.45, 2.75) is 78.6 Å². The maximum Gasteiger partial charge on any atom is 0.265 e. The van der Waals surface area contributed by atoms with Gasteiger partial charge in [0.25, 0.3) is 11.8 Å². The number of aromatic nitrogens is 1. The molecule has 1 N–H and O–H groups in total. The van der Waals surface area contributed by atoms with Gasteiger partial charge in [-0.05, 0) is 80.9 Å². The molecule has 0 unspecified atom stereocenters. The van der Waals surface area contributed by atoms with Gasteiger partial charge in [0, 0.05) is 42.1 Å². The first-order chi connectivity index (χ1) is 16.3. The van der Waals surface area contributed by atoms with Crippen LogP contribution in [0.2, 0.25) is 0 Å². The number of nitriles is 1. The van der Waals surface area contributed by atoms with Crippen LogP contribution in [0.25, 0.3) is 6.08 Å². The van der Waals surface area contributed by atoms with Crippen molar-refractivity contribution in [1.29, 1.82) is 5.26 Å². The van der Waals surface area contributed by atoms with Gasteiger partial charge < -0.3 is 14.8 Å². The Kier molecular flexibility index (Phi) is 6.92. The van der Waals surface area contributed by atoms with E-state index in [4.69, 9.17) is 0 Å². The minimum Gasteiger partial charge on any atom is -0.349 e. The number of carbonyl (C=O) groups is 2. The molecule has 2 aliphatic carbocycles. The molecule has 0 radical (unpaired) electrons. The number of hydrogen-bond donors (Lipinski definition) is 1. The third-order valence-corrected chi connectivity index (χ3v) is 6.54. The molecule has 178 valence electrons. The van der Waals surface area contributed by atoms with Crippen molar-refractivity contribution in [2.75, 3.05) is 0 Å². The van der Waals surface area contributed by atoms with Crippen molar-refractivity contribution in [2.24, 2.45) is 5.92 Å². The molecule has 0 bridgehead atoms. The second-order valence-corrected chi connectivity index (χ2v) is 10.1. The van der Waals surface area contributed by atoms with Gasteiger partial charge in [0.1, 0.15) is 11.6 Å². The maximum atomic E-state index is 13.4. The van der Waals surface area contributed by atoms with Crippen molar-refractivity contribution < 1.29 is 9.59 Å². The van der Waals surface area contributed by atoms with Crippen LogP contribution >= 0.6 is 0 Å². The summed E-state index contributed by atoms with van der Waals surface area (Å²) in [5.41, 5.74) is 4.88. The van der Waals surface area contributed by atoms with Gasteiger partial charge in [-0.15, -0.1) is 0 Å². The van der Waals surface area contributed by atoms with Crippen LogP contribution in [0, 0.1) is 31.1 Å². The third kappa shape index (κ3) is 5.59. The number of rotatable bonds is 9. The Labute approximate surface area is 202 Å². The molecule has 2 aliphatic rings. The number of hydrogen-bond acceptors (Lipinski definition) is 3. The lowest BCUT2D eigenvalue weighted by Gasteiger charge is -2.22. The molecule has 6 heteroatoms. The third-order valence-electron chi connectivity index (χ3n) is 6.54. The van der Waals surface area contributed by atoms with Crippen molar-refractivity contribution in [1.82, 2.24) is 14.8 Å². The molecular formula is C28H34N4O2. The topological polar surface area (TPSA) is 78.1 Å². The molecule has 0 spiro atoms. The fraction of sp³-hybridized carbons (Fsp3) is 0.464. The molecule has 34 heavy (non-hydrogen) atoms. The summed E-state index contributed by atoms with van der Waals surface area (Å²) in [5.74, 6) is 0.235. The standard InChI is InChI=1S/C28H34N4O2/c1-18(2)16-31-19(3)13-23(20(31)4)14-24(15-29)28(34)32(26-11-12-26)17-21-5-7-22(8-6-21)27(33)30-25-9-10-25/h5-8,13-14,18,25-26H,9-12,16-17H2,1-4H3,(H,30,33)/b24-14+. The summed E-state index contributed by atoms with van der Waals surface area (Å²) in [6, 6.07) is 12.1. The summed E-state index contributed by atoms with van der Waals surface area (Å²) in [5, 5.41) is 12.8. The van der Waals surface area contributed by atoms with Gasteiger partial charge >= 0.3 is 0 Å². The lowest BCUT2D eigenvalue weighted by atomic mass is 10.1. The molecule has 0 atom stereocenters. The predicted octanol–water partition coefficient (Wildman–Crippen LogP) is 4.75. The largest absolute Gasteiger partial charge is 0.349 e. The highest BCUT2D eigenvalue weighted by atomic mass is 16.2. The Morgan fingerprint density at radius 3 is 2.41 bits per heavy atom. The van der Waals surface area contributed by atoms with E-state index in [9.17, 15) is 14.9 Å². The van der Waals surface area contributed by atoms with Crippen molar-refractivity contribution in [3.63, 3.8) is 0 Å².